The average Bonchev–Trinajstić information content (AvgIpc) is 2.30. The van der Waals surface area contributed by atoms with Gasteiger partial charge < -0.3 is 0 Å². The zero-order valence-corrected chi connectivity index (χ0v) is 12.1. The average molecular weight is 264 g/mol. The molecule has 0 saturated heterocycles. The van der Waals surface area contributed by atoms with Gasteiger partial charge in [-0.1, -0.05) is 71.1 Å². The van der Waals surface area contributed by atoms with E-state index in [9.17, 15) is 8.42 Å². The molecule has 17 heavy (non-hydrogen) atoms. The molecule has 0 spiro atoms. The van der Waals surface area contributed by atoms with E-state index in [1.807, 2.05) is 0 Å². The Balaban J connectivity index is 2.94. The lowest BCUT2D eigenvalue weighted by Crippen LogP contribution is -1.92. The number of rotatable bonds is 13. The molecule has 4 heteroatoms. The van der Waals surface area contributed by atoms with Gasteiger partial charge >= 0.3 is 0 Å². The minimum Gasteiger partial charge on any atom is -0.272 e. The van der Waals surface area contributed by atoms with Crippen molar-refractivity contribution in [3.05, 3.63) is 0 Å². The van der Waals surface area contributed by atoms with Crippen LogP contribution in [-0.2, 0) is 15.2 Å². The predicted octanol–water partition coefficient (Wildman–Crippen LogP) is 3.84. The fourth-order valence-electron chi connectivity index (χ4n) is 1.91. The smallest absolute Gasteiger partial charge is 0.257 e. The summed E-state index contributed by atoms with van der Waals surface area (Å²) in [5, 5.41) is 0. The maximum absolute atomic E-state index is 10.1. The van der Waals surface area contributed by atoms with Crippen LogP contribution in [-0.4, -0.2) is 15.0 Å². The molecular formula is C13H28O3S. The first-order chi connectivity index (χ1) is 8.27. The van der Waals surface area contributed by atoms with Crippen LogP contribution in [0.2, 0.25) is 0 Å². The van der Waals surface area contributed by atoms with E-state index in [1.54, 1.807) is 0 Å². The van der Waals surface area contributed by atoms with Gasteiger partial charge in [-0.25, -0.2) is 8.42 Å². The molecule has 0 aromatic carbocycles. The van der Waals surface area contributed by atoms with Gasteiger partial charge in [0.1, 0.15) is 0 Å². The number of thiol groups is 1. The van der Waals surface area contributed by atoms with E-state index in [2.05, 4.69) is 11.1 Å². The highest BCUT2D eigenvalue weighted by molar-refractivity contribution is 7.67. The van der Waals surface area contributed by atoms with Crippen molar-refractivity contribution in [1.82, 2.24) is 0 Å². The second-order valence-electron chi connectivity index (χ2n) is 4.59. The van der Waals surface area contributed by atoms with E-state index in [0.29, 0.717) is 6.61 Å². The second kappa shape index (κ2) is 14.0. The summed E-state index contributed by atoms with van der Waals surface area (Å²) in [6, 6.07) is 0. The quantitative estimate of drug-likeness (QED) is 0.406. The second-order valence-corrected chi connectivity index (χ2v) is 5.30. The van der Waals surface area contributed by atoms with E-state index < -0.39 is 11.0 Å². The summed E-state index contributed by atoms with van der Waals surface area (Å²) in [6.07, 6.45) is 13.9. The van der Waals surface area contributed by atoms with E-state index in [1.165, 1.54) is 57.8 Å². The van der Waals surface area contributed by atoms with Crippen molar-refractivity contribution in [3.8, 4) is 0 Å². The maximum Gasteiger partial charge on any atom is 0.257 e. The van der Waals surface area contributed by atoms with Crippen molar-refractivity contribution in [2.24, 2.45) is 0 Å². The largest absolute Gasteiger partial charge is 0.272 e. The van der Waals surface area contributed by atoms with Crippen molar-refractivity contribution in [2.45, 2.75) is 77.6 Å². The number of hydrogen-bond donors (Lipinski definition) is 1. The zero-order valence-electron chi connectivity index (χ0n) is 11.2. The van der Waals surface area contributed by atoms with Crippen molar-refractivity contribution in [1.29, 1.82) is 0 Å². The maximum atomic E-state index is 10.1. The monoisotopic (exact) mass is 264 g/mol. The minimum atomic E-state index is -2.64. The SMILES string of the molecule is CCCCCCCCCCCCCO[SH](=O)=O. The molecule has 0 amide bonds. The fraction of sp³-hybridized carbons (Fsp3) is 1.00. The normalized spacial score (nSPS) is 11.2. The first kappa shape index (κ1) is 16.9. The summed E-state index contributed by atoms with van der Waals surface area (Å²) >= 11 is 0. The van der Waals surface area contributed by atoms with E-state index >= 15 is 0 Å². The Morgan fingerprint density at radius 2 is 1.12 bits per heavy atom. The Kier molecular flexibility index (Phi) is 13.9. The summed E-state index contributed by atoms with van der Waals surface area (Å²) in [7, 11) is -2.64. The van der Waals surface area contributed by atoms with Crippen molar-refractivity contribution in [3.63, 3.8) is 0 Å². The Morgan fingerprint density at radius 1 is 0.706 bits per heavy atom. The van der Waals surface area contributed by atoms with E-state index in [4.69, 9.17) is 0 Å². The van der Waals surface area contributed by atoms with Crippen LogP contribution in [0.5, 0.6) is 0 Å². The van der Waals surface area contributed by atoms with Gasteiger partial charge in [0.25, 0.3) is 11.0 Å². The summed E-state index contributed by atoms with van der Waals surface area (Å²) in [5.74, 6) is 0. The van der Waals surface area contributed by atoms with Crippen LogP contribution in [0.3, 0.4) is 0 Å². The molecule has 0 aliphatic heterocycles. The summed E-state index contributed by atoms with van der Waals surface area (Å²) in [4.78, 5) is 0. The van der Waals surface area contributed by atoms with Crippen LogP contribution in [0, 0.1) is 0 Å². The molecule has 0 saturated carbocycles. The number of unbranched alkanes of at least 4 members (excludes halogenated alkanes) is 10. The number of hydrogen-bond acceptors (Lipinski definition) is 3. The van der Waals surface area contributed by atoms with Crippen molar-refractivity contribution < 1.29 is 12.6 Å². The summed E-state index contributed by atoms with van der Waals surface area (Å²) < 4.78 is 24.7. The fourth-order valence-corrected chi connectivity index (χ4v) is 2.18. The highest BCUT2D eigenvalue weighted by atomic mass is 32.2. The van der Waals surface area contributed by atoms with E-state index in [0.717, 1.165) is 12.8 Å². The van der Waals surface area contributed by atoms with Crippen molar-refractivity contribution in [2.75, 3.05) is 6.61 Å². The Hall–Kier alpha value is -0.0900. The van der Waals surface area contributed by atoms with Gasteiger partial charge in [0, 0.05) is 0 Å². The topological polar surface area (TPSA) is 43.4 Å². The molecule has 0 unspecified atom stereocenters. The summed E-state index contributed by atoms with van der Waals surface area (Å²) in [5.41, 5.74) is 0. The van der Waals surface area contributed by atoms with Gasteiger partial charge in [0.15, 0.2) is 0 Å². The lowest BCUT2D eigenvalue weighted by atomic mass is 10.1. The molecule has 0 radical (unpaired) electrons. The molecule has 104 valence electrons. The van der Waals surface area contributed by atoms with Gasteiger partial charge in [-0.15, -0.1) is 0 Å². The van der Waals surface area contributed by atoms with Gasteiger partial charge in [-0.05, 0) is 6.42 Å². The first-order valence-corrected chi connectivity index (χ1v) is 8.14. The van der Waals surface area contributed by atoms with Crippen LogP contribution in [0.15, 0.2) is 0 Å². The van der Waals surface area contributed by atoms with Gasteiger partial charge in [0.05, 0.1) is 6.61 Å². The van der Waals surface area contributed by atoms with Crippen LogP contribution < -0.4 is 0 Å². The minimum absolute atomic E-state index is 0.357. The summed E-state index contributed by atoms with van der Waals surface area (Å²) in [6.45, 7) is 2.60. The highest BCUT2D eigenvalue weighted by Crippen LogP contribution is 2.11. The van der Waals surface area contributed by atoms with Crippen LogP contribution >= 0.6 is 0 Å². The molecule has 0 heterocycles. The third-order valence-corrected chi connectivity index (χ3v) is 3.34. The Bertz CT molecular complexity index is 207. The molecule has 0 rings (SSSR count). The third-order valence-electron chi connectivity index (χ3n) is 2.94. The molecule has 0 bridgehead atoms. The molecule has 0 aliphatic carbocycles. The highest BCUT2D eigenvalue weighted by Gasteiger charge is 1.93. The van der Waals surface area contributed by atoms with Gasteiger partial charge in [-0.2, -0.15) is 0 Å². The molecule has 0 atom stereocenters. The van der Waals surface area contributed by atoms with Crippen LogP contribution in [0.25, 0.3) is 0 Å². The lowest BCUT2D eigenvalue weighted by molar-refractivity contribution is 0.319. The standard InChI is InChI=1S/C13H28O3S/c1-2-3-4-5-6-7-8-9-10-11-12-13-16-17(14)15/h17H,2-13H2,1H3. The van der Waals surface area contributed by atoms with Crippen LogP contribution in [0.1, 0.15) is 77.6 Å². The Morgan fingerprint density at radius 3 is 1.53 bits per heavy atom. The zero-order chi connectivity index (χ0) is 12.8. The van der Waals surface area contributed by atoms with Crippen molar-refractivity contribution >= 4 is 11.0 Å². The van der Waals surface area contributed by atoms with Crippen LogP contribution in [0.4, 0.5) is 0 Å². The molecule has 0 aromatic rings. The molecule has 0 aromatic heterocycles. The third kappa shape index (κ3) is 15.9. The molecule has 3 nitrogen and oxygen atoms in total. The van der Waals surface area contributed by atoms with Gasteiger partial charge in [0.2, 0.25) is 0 Å². The first-order valence-electron chi connectivity index (χ1n) is 7.04. The predicted molar refractivity (Wildman–Crippen MR) is 72.7 cm³/mol. The van der Waals surface area contributed by atoms with Gasteiger partial charge in [-0.3, -0.25) is 4.18 Å². The lowest BCUT2D eigenvalue weighted by Gasteiger charge is -2.01. The Labute approximate surface area is 108 Å². The van der Waals surface area contributed by atoms with E-state index in [-0.39, 0.29) is 0 Å². The molecular weight excluding hydrogens is 236 g/mol. The molecule has 0 fully saturated rings. The molecule has 0 aliphatic rings. The molecule has 0 N–H and O–H groups in total.